The highest BCUT2D eigenvalue weighted by atomic mass is 32.2. The first-order chi connectivity index (χ1) is 8.58. The second-order valence-electron chi connectivity index (χ2n) is 7.53. The molecule has 0 spiro atoms. The molecule has 0 atom stereocenters. The Morgan fingerprint density at radius 3 is 2.11 bits per heavy atom. The first-order valence-electron chi connectivity index (χ1n) is 7.37. The van der Waals surface area contributed by atoms with E-state index >= 15 is 0 Å². The maximum absolute atomic E-state index is 11.2. The van der Waals surface area contributed by atoms with Gasteiger partial charge in [-0.3, -0.25) is 0 Å². The standard InChI is InChI=1S/C15H30O3S/c1-14(2,3)13-6-9-15(12-16,10-7-13)8-5-11-19(4,17)18/h13,16H,5-12H2,1-4H3. The molecule has 19 heavy (non-hydrogen) atoms. The first-order valence-corrected chi connectivity index (χ1v) is 9.43. The Morgan fingerprint density at radius 1 is 1.21 bits per heavy atom. The van der Waals surface area contributed by atoms with Gasteiger partial charge in [-0.2, -0.15) is 0 Å². The second kappa shape index (κ2) is 6.13. The van der Waals surface area contributed by atoms with E-state index in [0.717, 1.165) is 38.0 Å². The van der Waals surface area contributed by atoms with Crippen molar-refractivity contribution in [2.75, 3.05) is 18.6 Å². The van der Waals surface area contributed by atoms with Crippen LogP contribution in [0.15, 0.2) is 0 Å². The summed E-state index contributed by atoms with van der Waals surface area (Å²) in [4.78, 5) is 0. The fourth-order valence-corrected chi connectivity index (χ4v) is 3.96. The van der Waals surface area contributed by atoms with E-state index < -0.39 is 9.84 Å². The van der Waals surface area contributed by atoms with Gasteiger partial charge < -0.3 is 5.11 Å². The van der Waals surface area contributed by atoms with Crippen LogP contribution in [0.2, 0.25) is 0 Å². The Morgan fingerprint density at radius 2 is 1.74 bits per heavy atom. The van der Waals surface area contributed by atoms with Crippen LogP contribution in [-0.2, 0) is 9.84 Å². The number of sulfone groups is 1. The van der Waals surface area contributed by atoms with Crippen LogP contribution in [0.3, 0.4) is 0 Å². The third-order valence-corrected chi connectivity index (χ3v) is 5.86. The molecule has 1 N–H and O–H groups in total. The molecule has 0 aromatic rings. The van der Waals surface area contributed by atoms with Crippen molar-refractivity contribution >= 4 is 9.84 Å². The van der Waals surface area contributed by atoms with E-state index in [1.54, 1.807) is 0 Å². The molecule has 1 fully saturated rings. The summed E-state index contributed by atoms with van der Waals surface area (Å²) in [7, 11) is -2.88. The zero-order chi connectivity index (χ0) is 14.7. The fourth-order valence-electron chi connectivity index (χ4n) is 3.29. The van der Waals surface area contributed by atoms with Crippen LogP contribution in [-0.4, -0.2) is 32.1 Å². The van der Waals surface area contributed by atoms with Gasteiger partial charge in [0.25, 0.3) is 0 Å². The Kier molecular flexibility index (Phi) is 5.47. The van der Waals surface area contributed by atoms with Gasteiger partial charge in [0.05, 0.1) is 0 Å². The van der Waals surface area contributed by atoms with Crippen LogP contribution >= 0.6 is 0 Å². The molecule has 3 nitrogen and oxygen atoms in total. The summed E-state index contributed by atoms with van der Waals surface area (Å²) in [6, 6.07) is 0. The van der Waals surface area contributed by atoms with Crippen LogP contribution in [0.5, 0.6) is 0 Å². The molecule has 1 aliphatic rings. The van der Waals surface area contributed by atoms with Gasteiger partial charge in [-0.05, 0) is 55.3 Å². The minimum atomic E-state index is -2.88. The topological polar surface area (TPSA) is 54.4 Å². The van der Waals surface area contributed by atoms with Crippen molar-refractivity contribution in [1.82, 2.24) is 0 Å². The van der Waals surface area contributed by atoms with Gasteiger partial charge in [0, 0.05) is 18.6 Å². The van der Waals surface area contributed by atoms with E-state index in [0.29, 0.717) is 11.8 Å². The normalized spacial score (nSPS) is 29.4. The minimum absolute atomic E-state index is 0.0214. The lowest BCUT2D eigenvalue weighted by molar-refractivity contribution is 0.0300. The second-order valence-corrected chi connectivity index (χ2v) is 9.79. The summed E-state index contributed by atoms with van der Waals surface area (Å²) in [5.74, 6) is 0.972. The van der Waals surface area contributed by atoms with Crippen molar-refractivity contribution in [3.63, 3.8) is 0 Å². The Balaban J connectivity index is 2.51. The van der Waals surface area contributed by atoms with Crippen LogP contribution in [0.1, 0.15) is 59.3 Å². The zero-order valence-corrected chi connectivity index (χ0v) is 13.7. The van der Waals surface area contributed by atoms with Crippen molar-refractivity contribution < 1.29 is 13.5 Å². The molecule has 0 bridgehead atoms. The van der Waals surface area contributed by atoms with E-state index in [1.165, 1.54) is 6.26 Å². The first kappa shape index (κ1) is 17.0. The van der Waals surface area contributed by atoms with Gasteiger partial charge in [0.15, 0.2) is 0 Å². The molecule has 4 heteroatoms. The predicted molar refractivity (Wildman–Crippen MR) is 79.9 cm³/mol. The van der Waals surface area contributed by atoms with Crippen LogP contribution in [0.25, 0.3) is 0 Å². The highest BCUT2D eigenvalue weighted by Crippen LogP contribution is 2.47. The van der Waals surface area contributed by atoms with E-state index in [1.807, 2.05) is 0 Å². The van der Waals surface area contributed by atoms with E-state index in [-0.39, 0.29) is 17.8 Å². The molecule has 0 amide bonds. The summed E-state index contributed by atoms with van der Waals surface area (Å²) >= 11 is 0. The maximum atomic E-state index is 11.2. The molecule has 0 saturated heterocycles. The highest BCUT2D eigenvalue weighted by Gasteiger charge is 2.38. The van der Waals surface area contributed by atoms with Gasteiger partial charge in [-0.25, -0.2) is 8.42 Å². The number of hydrogen-bond donors (Lipinski definition) is 1. The Bertz CT molecular complexity index is 371. The average molecular weight is 290 g/mol. The molecule has 0 unspecified atom stereocenters. The van der Waals surface area contributed by atoms with Gasteiger partial charge in [0.2, 0.25) is 0 Å². The molecule has 114 valence electrons. The lowest BCUT2D eigenvalue weighted by Crippen LogP contribution is -2.35. The summed E-state index contributed by atoms with van der Waals surface area (Å²) in [5.41, 5.74) is 0.320. The molecular formula is C15H30O3S. The molecule has 1 rings (SSSR count). The SMILES string of the molecule is CC(C)(C)C1CCC(CO)(CCCS(C)(=O)=O)CC1. The summed E-state index contributed by atoms with van der Waals surface area (Å²) in [5, 5.41) is 9.71. The zero-order valence-electron chi connectivity index (χ0n) is 12.9. The highest BCUT2D eigenvalue weighted by molar-refractivity contribution is 7.90. The molecule has 0 radical (unpaired) electrons. The van der Waals surface area contributed by atoms with Crippen molar-refractivity contribution in [2.45, 2.75) is 59.3 Å². The van der Waals surface area contributed by atoms with Crippen molar-refractivity contribution in [3.8, 4) is 0 Å². The quantitative estimate of drug-likeness (QED) is 0.846. The monoisotopic (exact) mass is 290 g/mol. The molecule has 1 aliphatic carbocycles. The predicted octanol–water partition coefficient (Wildman–Crippen LogP) is 3.03. The van der Waals surface area contributed by atoms with Gasteiger partial charge in [0.1, 0.15) is 9.84 Å². The largest absolute Gasteiger partial charge is 0.396 e. The number of hydrogen-bond acceptors (Lipinski definition) is 3. The lowest BCUT2D eigenvalue weighted by Gasteiger charge is -2.43. The molecule has 0 aromatic carbocycles. The van der Waals surface area contributed by atoms with Gasteiger partial charge in [-0.1, -0.05) is 20.8 Å². The summed E-state index contributed by atoms with van der Waals surface area (Å²) in [6.07, 6.45) is 7.19. The lowest BCUT2D eigenvalue weighted by atomic mass is 9.63. The molecular weight excluding hydrogens is 260 g/mol. The Labute approximate surface area is 118 Å². The van der Waals surface area contributed by atoms with Gasteiger partial charge in [-0.15, -0.1) is 0 Å². The van der Waals surface area contributed by atoms with Crippen molar-refractivity contribution in [2.24, 2.45) is 16.7 Å². The number of aliphatic hydroxyl groups is 1. The van der Waals surface area contributed by atoms with Crippen LogP contribution in [0.4, 0.5) is 0 Å². The molecule has 1 saturated carbocycles. The molecule has 0 heterocycles. The minimum Gasteiger partial charge on any atom is -0.396 e. The van der Waals surface area contributed by atoms with Crippen molar-refractivity contribution in [3.05, 3.63) is 0 Å². The van der Waals surface area contributed by atoms with Crippen LogP contribution < -0.4 is 0 Å². The van der Waals surface area contributed by atoms with E-state index in [4.69, 9.17) is 0 Å². The molecule has 0 aromatic heterocycles. The number of rotatable bonds is 5. The average Bonchev–Trinajstić information content (AvgIpc) is 2.26. The van der Waals surface area contributed by atoms with E-state index in [9.17, 15) is 13.5 Å². The van der Waals surface area contributed by atoms with Crippen LogP contribution in [0, 0.1) is 16.7 Å². The fraction of sp³-hybridized carbons (Fsp3) is 1.00. The maximum Gasteiger partial charge on any atom is 0.147 e. The van der Waals surface area contributed by atoms with E-state index in [2.05, 4.69) is 20.8 Å². The number of aliphatic hydroxyl groups excluding tert-OH is 1. The summed E-state index contributed by atoms with van der Waals surface area (Å²) in [6.45, 7) is 7.06. The third kappa shape index (κ3) is 5.42. The van der Waals surface area contributed by atoms with Crippen molar-refractivity contribution in [1.29, 1.82) is 0 Å². The summed E-state index contributed by atoms with van der Waals surface area (Å²) < 4.78 is 22.4. The Hall–Kier alpha value is -0.0900. The smallest absolute Gasteiger partial charge is 0.147 e. The third-order valence-electron chi connectivity index (χ3n) is 4.83. The van der Waals surface area contributed by atoms with Gasteiger partial charge >= 0.3 is 0 Å². The molecule has 0 aliphatic heterocycles.